The summed E-state index contributed by atoms with van der Waals surface area (Å²) in [6.45, 7) is 10.3. The Kier molecular flexibility index (Phi) is 8.68. The van der Waals surface area contributed by atoms with E-state index >= 15 is 0 Å². The molecule has 3 heterocycles. The number of halogens is 2. The molecule has 2 aliphatic rings. The molecule has 25 heavy (non-hydrogen) atoms. The van der Waals surface area contributed by atoms with E-state index in [1.807, 2.05) is 18.7 Å². The molecule has 1 aromatic rings. The summed E-state index contributed by atoms with van der Waals surface area (Å²) in [7, 11) is 1.96. The van der Waals surface area contributed by atoms with Crippen molar-refractivity contribution in [1.82, 2.24) is 24.9 Å². The van der Waals surface area contributed by atoms with E-state index in [-0.39, 0.29) is 24.8 Å². The van der Waals surface area contributed by atoms with Crippen molar-refractivity contribution < 1.29 is 4.79 Å². The maximum atomic E-state index is 12.5. The molecule has 0 aromatic carbocycles. The number of nitrogens with zero attached hydrogens (tertiary/aromatic N) is 4. The Labute approximate surface area is 163 Å². The van der Waals surface area contributed by atoms with Crippen molar-refractivity contribution in [2.75, 3.05) is 39.3 Å². The first-order valence-electron chi connectivity index (χ1n) is 8.78. The van der Waals surface area contributed by atoms with Gasteiger partial charge in [-0.15, -0.1) is 24.8 Å². The van der Waals surface area contributed by atoms with Gasteiger partial charge in [0.2, 0.25) is 5.91 Å². The zero-order valence-electron chi connectivity index (χ0n) is 15.5. The number of rotatable bonds is 4. The van der Waals surface area contributed by atoms with Gasteiger partial charge in [0, 0.05) is 64.5 Å². The number of aryl methyl sites for hydroxylation is 2. The Morgan fingerprint density at radius 2 is 1.88 bits per heavy atom. The monoisotopic (exact) mass is 391 g/mol. The quantitative estimate of drug-likeness (QED) is 0.840. The third-order valence-corrected chi connectivity index (χ3v) is 5.43. The maximum absolute atomic E-state index is 12.5. The van der Waals surface area contributed by atoms with Gasteiger partial charge in [-0.05, 0) is 32.3 Å². The molecule has 0 spiro atoms. The van der Waals surface area contributed by atoms with E-state index in [4.69, 9.17) is 0 Å². The predicted octanol–water partition coefficient (Wildman–Crippen LogP) is 1.32. The minimum absolute atomic E-state index is 0. The van der Waals surface area contributed by atoms with Crippen LogP contribution >= 0.6 is 24.8 Å². The van der Waals surface area contributed by atoms with E-state index in [9.17, 15) is 4.79 Å². The smallest absolute Gasteiger partial charge is 0.222 e. The number of likely N-dealkylation sites (tertiary alicyclic amines) is 1. The Morgan fingerprint density at radius 3 is 2.48 bits per heavy atom. The molecular formula is C17H31Cl2N5O. The highest BCUT2D eigenvalue weighted by molar-refractivity contribution is 5.85. The van der Waals surface area contributed by atoms with Crippen molar-refractivity contribution in [3.8, 4) is 0 Å². The van der Waals surface area contributed by atoms with Gasteiger partial charge < -0.3 is 10.2 Å². The number of carbonyl (C=O) groups excluding carboxylic acids is 1. The molecule has 1 aromatic heterocycles. The molecule has 2 fully saturated rings. The van der Waals surface area contributed by atoms with E-state index in [0.29, 0.717) is 18.4 Å². The van der Waals surface area contributed by atoms with Crippen LogP contribution in [0.5, 0.6) is 0 Å². The van der Waals surface area contributed by atoms with Gasteiger partial charge in [0.25, 0.3) is 0 Å². The molecule has 0 aliphatic carbocycles. The van der Waals surface area contributed by atoms with Crippen LogP contribution in [-0.2, 0) is 18.3 Å². The third kappa shape index (κ3) is 5.09. The van der Waals surface area contributed by atoms with Gasteiger partial charge in [0.15, 0.2) is 0 Å². The minimum Gasteiger partial charge on any atom is -0.341 e. The molecule has 0 radical (unpaired) electrons. The van der Waals surface area contributed by atoms with Crippen molar-refractivity contribution in [3.63, 3.8) is 0 Å². The normalized spacial score (nSPS) is 20.9. The summed E-state index contributed by atoms with van der Waals surface area (Å²) in [4.78, 5) is 17.1. The van der Waals surface area contributed by atoms with Crippen LogP contribution in [0.25, 0.3) is 0 Å². The Morgan fingerprint density at radius 1 is 1.20 bits per heavy atom. The first kappa shape index (κ1) is 22.2. The highest BCUT2D eigenvalue weighted by Crippen LogP contribution is 2.19. The fourth-order valence-corrected chi connectivity index (χ4v) is 3.88. The number of aromatic nitrogens is 2. The van der Waals surface area contributed by atoms with E-state index in [2.05, 4.69) is 27.1 Å². The molecular weight excluding hydrogens is 361 g/mol. The number of nitrogens with one attached hydrogen (secondary N) is 1. The molecule has 1 unspecified atom stereocenters. The number of piperazine rings is 1. The number of hydrogen-bond donors (Lipinski definition) is 1. The zero-order valence-corrected chi connectivity index (χ0v) is 17.1. The molecule has 2 saturated heterocycles. The Balaban J connectivity index is 0.00000156. The van der Waals surface area contributed by atoms with E-state index in [1.165, 1.54) is 11.3 Å². The highest BCUT2D eigenvalue weighted by Gasteiger charge is 2.30. The molecule has 1 N–H and O–H groups in total. The van der Waals surface area contributed by atoms with Crippen molar-refractivity contribution in [3.05, 3.63) is 17.0 Å². The Bertz CT molecular complexity index is 572. The molecule has 1 atom stereocenters. The lowest BCUT2D eigenvalue weighted by molar-refractivity contribution is -0.130. The number of amides is 1. The lowest BCUT2D eigenvalue weighted by atomic mass is 10.1. The summed E-state index contributed by atoms with van der Waals surface area (Å²) in [6, 6.07) is 0.558. The second-order valence-electron chi connectivity index (χ2n) is 6.84. The van der Waals surface area contributed by atoms with Gasteiger partial charge in [0.1, 0.15) is 0 Å². The van der Waals surface area contributed by atoms with E-state index in [0.717, 1.165) is 57.8 Å². The number of hydrogen-bond acceptors (Lipinski definition) is 4. The van der Waals surface area contributed by atoms with Crippen molar-refractivity contribution in [2.24, 2.45) is 7.05 Å². The van der Waals surface area contributed by atoms with Crippen LogP contribution in [0.1, 0.15) is 29.8 Å². The molecule has 3 rings (SSSR count). The molecule has 6 nitrogen and oxygen atoms in total. The molecule has 0 saturated carbocycles. The first-order chi connectivity index (χ1) is 11.1. The van der Waals surface area contributed by atoms with Gasteiger partial charge >= 0.3 is 0 Å². The maximum Gasteiger partial charge on any atom is 0.222 e. The van der Waals surface area contributed by atoms with Crippen molar-refractivity contribution in [1.29, 1.82) is 0 Å². The summed E-state index contributed by atoms with van der Waals surface area (Å²) in [5.41, 5.74) is 3.46. The van der Waals surface area contributed by atoms with Gasteiger partial charge in [-0.2, -0.15) is 5.10 Å². The summed E-state index contributed by atoms with van der Waals surface area (Å²) in [5.74, 6) is 0.297. The summed E-state index contributed by atoms with van der Waals surface area (Å²) >= 11 is 0. The largest absolute Gasteiger partial charge is 0.341 e. The van der Waals surface area contributed by atoms with Crippen LogP contribution in [0.3, 0.4) is 0 Å². The molecule has 144 valence electrons. The third-order valence-electron chi connectivity index (χ3n) is 5.43. The minimum atomic E-state index is 0. The molecule has 0 bridgehead atoms. The van der Waals surface area contributed by atoms with Crippen molar-refractivity contribution >= 4 is 30.7 Å². The number of carbonyl (C=O) groups is 1. The fourth-order valence-electron chi connectivity index (χ4n) is 3.88. The van der Waals surface area contributed by atoms with Crippen molar-refractivity contribution in [2.45, 2.75) is 39.2 Å². The van der Waals surface area contributed by atoms with Crippen LogP contribution in [0.15, 0.2) is 0 Å². The Hall–Kier alpha value is -0.820. The summed E-state index contributed by atoms with van der Waals surface area (Å²) in [6.07, 6.45) is 2.53. The highest BCUT2D eigenvalue weighted by atomic mass is 35.5. The zero-order chi connectivity index (χ0) is 16.4. The predicted molar refractivity (Wildman–Crippen MR) is 105 cm³/mol. The molecule has 2 aliphatic heterocycles. The second kappa shape index (κ2) is 9.76. The lowest BCUT2D eigenvalue weighted by Crippen LogP contribution is -2.49. The fraction of sp³-hybridized carbons (Fsp3) is 0.765. The van der Waals surface area contributed by atoms with Crippen LogP contribution < -0.4 is 5.32 Å². The van der Waals surface area contributed by atoms with Gasteiger partial charge in [0.05, 0.1) is 5.69 Å². The van der Waals surface area contributed by atoms with Crippen LogP contribution in [0.2, 0.25) is 0 Å². The average Bonchev–Trinajstić information content (AvgIpc) is 3.13. The SMILES string of the molecule is Cc1nn(C)c(C)c1CCC(=O)N1CCC(N2CCNCC2)C1.Cl.Cl. The van der Waals surface area contributed by atoms with Gasteiger partial charge in [-0.3, -0.25) is 14.4 Å². The summed E-state index contributed by atoms with van der Waals surface area (Å²) < 4.78 is 1.91. The standard InChI is InChI=1S/C17H29N5O.2ClH/c1-13-16(14(2)20(3)19-13)4-5-17(23)22-9-6-15(12-22)21-10-7-18-8-11-21;;/h15,18H,4-12H2,1-3H3;2*1H. The lowest BCUT2D eigenvalue weighted by Gasteiger charge is -2.32. The topological polar surface area (TPSA) is 53.4 Å². The summed E-state index contributed by atoms with van der Waals surface area (Å²) in [5, 5.41) is 7.83. The van der Waals surface area contributed by atoms with Crippen LogP contribution in [-0.4, -0.2) is 70.8 Å². The van der Waals surface area contributed by atoms with Crippen LogP contribution in [0.4, 0.5) is 0 Å². The van der Waals surface area contributed by atoms with Gasteiger partial charge in [-0.25, -0.2) is 0 Å². The average molecular weight is 392 g/mol. The molecule has 8 heteroatoms. The second-order valence-corrected chi connectivity index (χ2v) is 6.84. The van der Waals surface area contributed by atoms with E-state index in [1.54, 1.807) is 0 Å². The van der Waals surface area contributed by atoms with Crippen LogP contribution in [0, 0.1) is 13.8 Å². The van der Waals surface area contributed by atoms with E-state index < -0.39 is 0 Å². The first-order valence-corrected chi connectivity index (χ1v) is 8.78. The molecule has 1 amide bonds. The van der Waals surface area contributed by atoms with Gasteiger partial charge in [-0.1, -0.05) is 0 Å².